The normalized spacial score (nSPS) is 16.4. The minimum absolute atomic E-state index is 0.0188. The SMILES string of the molecule is O=c1c2[nH]c3ccc(Br)cc3c2ncn1CC[NH+]1CC[NH2+]CC1. The third-order valence-corrected chi connectivity index (χ3v) is 5.14. The molecule has 7 heteroatoms. The van der Waals surface area contributed by atoms with Crippen molar-refractivity contribution in [3.63, 3.8) is 0 Å². The maximum absolute atomic E-state index is 12.7. The molecular weight excluding hydrogens is 358 g/mol. The molecule has 0 aliphatic carbocycles. The van der Waals surface area contributed by atoms with Gasteiger partial charge in [0.15, 0.2) is 0 Å². The highest BCUT2D eigenvalue weighted by atomic mass is 79.9. The zero-order valence-electron chi connectivity index (χ0n) is 12.8. The summed E-state index contributed by atoms with van der Waals surface area (Å²) in [6.45, 7) is 6.40. The van der Waals surface area contributed by atoms with Crippen LogP contribution in [0.3, 0.4) is 0 Å². The Bertz CT molecular complexity index is 910. The molecule has 0 unspecified atom stereocenters. The Hall–Kier alpha value is -1.70. The van der Waals surface area contributed by atoms with Gasteiger partial charge in [-0.3, -0.25) is 9.36 Å². The maximum atomic E-state index is 12.7. The first-order chi connectivity index (χ1) is 11.2. The van der Waals surface area contributed by atoms with E-state index in [4.69, 9.17) is 0 Å². The van der Waals surface area contributed by atoms with E-state index in [9.17, 15) is 4.79 Å². The lowest BCUT2D eigenvalue weighted by atomic mass is 10.2. The van der Waals surface area contributed by atoms with Gasteiger partial charge in [-0.1, -0.05) is 15.9 Å². The van der Waals surface area contributed by atoms with Crippen LogP contribution >= 0.6 is 15.9 Å². The molecule has 0 saturated carbocycles. The topological polar surface area (TPSA) is 71.7 Å². The highest BCUT2D eigenvalue weighted by Gasteiger charge is 2.16. The van der Waals surface area contributed by atoms with Crippen LogP contribution in [0.25, 0.3) is 21.9 Å². The van der Waals surface area contributed by atoms with Crippen molar-refractivity contribution < 1.29 is 10.2 Å². The predicted molar refractivity (Wildman–Crippen MR) is 92.8 cm³/mol. The molecule has 2 aromatic heterocycles. The Morgan fingerprint density at radius 1 is 1.35 bits per heavy atom. The summed E-state index contributed by atoms with van der Waals surface area (Å²) in [5.74, 6) is 0. The van der Waals surface area contributed by atoms with Gasteiger partial charge in [0.1, 0.15) is 37.2 Å². The number of nitrogens with two attached hydrogens (primary N) is 1. The number of hydrogen-bond donors (Lipinski definition) is 3. The first kappa shape index (κ1) is 14.9. The van der Waals surface area contributed by atoms with Gasteiger partial charge in [0.05, 0.1) is 19.4 Å². The van der Waals surface area contributed by atoms with E-state index in [-0.39, 0.29) is 5.56 Å². The Labute approximate surface area is 141 Å². The molecule has 4 N–H and O–H groups in total. The molecule has 0 atom stereocenters. The average molecular weight is 378 g/mol. The summed E-state index contributed by atoms with van der Waals surface area (Å²) in [7, 11) is 0. The van der Waals surface area contributed by atoms with E-state index in [1.54, 1.807) is 15.8 Å². The fourth-order valence-corrected chi connectivity index (χ4v) is 3.69. The van der Waals surface area contributed by atoms with Crippen LogP contribution in [0.2, 0.25) is 0 Å². The third-order valence-electron chi connectivity index (χ3n) is 4.64. The molecule has 1 saturated heterocycles. The van der Waals surface area contributed by atoms with Gasteiger partial charge in [0, 0.05) is 15.4 Å². The summed E-state index contributed by atoms with van der Waals surface area (Å²) in [4.78, 5) is 22.0. The Kier molecular flexibility index (Phi) is 3.92. The zero-order valence-corrected chi connectivity index (χ0v) is 14.4. The molecular formula is C16H20BrN5O+2. The van der Waals surface area contributed by atoms with Crippen molar-refractivity contribution in [3.8, 4) is 0 Å². The summed E-state index contributed by atoms with van der Waals surface area (Å²) in [6, 6.07) is 5.94. The van der Waals surface area contributed by atoms with Gasteiger partial charge >= 0.3 is 0 Å². The van der Waals surface area contributed by atoms with Crippen LogP contribution in [0, 0.1) is 0 Å². The number of aromatic nitrogens is 3. The first-order valence-corrected chi connectivity index (χ1v) is 8.83. The van der Waals surface area contributed by atoms with Gasteiger partial charge < -0.3 is 15.2 Å². The molecule has 1 fully saturated rings. The van der Waals surface area contributed by atoms with Crippen molar-refractivity contribution in [1.29, 1.82) is 0 Å². The fourth-order valence-electron chi connectivity index (χ4n) is 3.33. The van der Waals surface area contributed by atoms with Crippen LogP contribution in [0.15, 0.2) is 33.8 Å². The van der Waals surface area contributed by atoms with Crippen molar-refractivity contribution in [3.05, 3.63) is 39.4 Å². The maximum Gasteiger partial charge on any atom is 0.277 e. The molecule has 23 heavy (non-hydrogen) atoms. The van der Waals surface area contributed by atoms with Crippen molar-refractivity contribution in [2.45, 2.75) is 6.54 Å². The molecule has 120 valence electrons. The largest absolute Gasteiger partial charge is 0.349 e. The van der Waals surface area contributed by atoms with Gasteiger partial charge in [0.2, 0.25) is 0 Å². The summed E-state index contributed by atoms with van der Waals surface area (Å²) in [6.07, 6.45) is 1.69. The summed E-state index contributed by atoms with van der Waals surface area (Å²) in [5, 5.41) is 3.34. The highest BCUT2D eigenvalue weighted by Crippen LogP contribution is 2.24. The lowest BCUT2D eigenvalue weighted by Crippen LogP contribution is -3.20. The molecule has 1 aliphatic rings. The van der Waals surface area contributed by atoms with Crippen LogP contribution in [0.5, 0.6) is 0 Å². The van der Waals surface area contributed by atoms with E-state index in [0.29, 0.717) is 5.52 Å². The molecule has 1 aromatic carbocycles. The molecule has 0 radical (unpaired) electrons. The number of quaternary nitrogens is 2. The van der Waals surface area contributed by atoms with E-state index >= 15 is 0 Å². The first-order valence-electron chi connectivity index (χ1n) is 8.04. The van der Waals surface area contributed by atoms with Gasteiger partial charge in [0.25, 0.3) is 5.56 Å². The lowest BCUT2D eigenvalue weighted by Gasteiger charge is -2.22. The number of aromatic amines is 1. The smallest absolute Gasteiger partial charge is 0.277 e. The highest BCUT2D eigenvalue weighted by molar-refractivity contribution is 9.10. The number of piperazine rings is 1. The number of nitrogens with zero attached hydrogens (tertiary/aromatic N) is 2. The Morgan fingerprint density at radius 3 is 3.00 bits per heavy atom. The predicted octanol–water partition coefficient (Wildman–Crippen LogP) is -0.898. The van der Waals surface area contributed by atoms with E-state index in [1.165, 1.54) is 26.2 Å². The van der Waals surface area contributed by atoms with E-state index in [2.05, 4.69) is 31.2 Å². The Balaban J connectivity index is 1.67. The van der Waals surface area contributed by atoms with Crippen LogP contribution in [-0.4, -0.2) is 47.3 Å². The van der Waals surface area contributed by atoms with Crippen molar-refractivity contribution >= 4 is 37.9 Å². The fraction of sp³-hybridized carbons (Fsp3) is 0.375. The third kappa shape index (κ3) is 2.80. The van der Waals surface area contributed by atoms with E-state index in [1.807, 2.05) is 18.2 Å². The average Bonchev–Trinajstić information content (AvgIpc) is 2.94. The molecule has 3 aromatic rings. The minimum atomic E-state index is 0.0188. The molecule has 3 heterocycles. The second kappa shape index (κ2) is 6.07. The summed E-state index contributed by atoms with van der Waals surface area (Å²) in [5.41, 5.74) is 2.32. The summed E-state index contributed by atoms with van der Waals surface area (Å²) < 4.78 is 2.72. The molecule has 0 amide bonds. The van der Waals surface area contributed by atoms with Crippen molar-refractivity contribution in [1.82, 2.24) is 14.5 Å². The number of fused-ring (bicyclic) bond motifs is 3. The quantitative estimate of drug-likeness (QED) is 0.553. The van der Waals surface area contributed by atoms with Crippen LogP contribution in [0.4, 0.5) is 0 Å². The molecule has 0 spiro atoms. The van der Waals surface area contributed by atoms with Gasteiger partial charge in [-0.05, 0) is 18.2 Å². The Morgan fingerprint density at radius 2 is 2.17 bits per heavy atom. The number of H-pyrrole nitrogens is 1. The van der Waals surface area contributed by atoms with Crippen LogP contribution in [0.1, 0.15) is 0 Å². The van der Waals surface area contributed by atoms with Crippen molar-refractivity contribution in [2.75, 3.05) is 32.7 Å². The number of rotatable bonds is 3. The number of halogens is 1. The number of hydrogen-bond acceptors (Lipinski definition) is 2. The minimum Gasteiger partial charge on any atom is -0.349 e. The molecule has 0 bridgehead atoms. The second-order valence-corrected chi connectivity index (χ2v) is 7.06. The van der Waals surface area contributed by atoms with Crippen LogP contribution in [-0.2, 0) is 6.54 Å². The summed E-state index contributed by atoms with van der Waals surface area (Å²) >= 11 is 3.47. The monoisotopic (exact) mass is 377 g/mol. The van der Waals surface area contributed by atoms with Crippen molar-refractivity contribution in [2.24, 2.45) is 0 Å². The number of benzene rings is 1. The van der Waals surface area contributed by atoms with Crippen LogP contribution < -0.4 is 15.8 Å². The van der Waals surface area contributed by atoms with Gasteiger partial charge in [-0.15, -0.1) is 0 Å². The number of nitrogens with one attached hydrogen (secondary N) is 2. The van der Waals surface area contributed by atoms with E-state index < -0.39 is 0 Å². The van der Waals surface area contributed by atoms with Gasteiger partial charge in [-0.25, -0.2) is 4.98 Å². The molecule has 1 aliphatic heterocycles. The zero-order chi connectivity index (χ0) is 15.8. The van der Waals surface area contributed by atoms with Gasteiger partial charge in [-0.2, -0.15) is 0 Å². The second-order valence-electron chi connectivity index (χ2n) is 6.15. The molecule has 4 rings (SSSR count). The standard InChI is InChI=1S/C16H18BrN5O/c17-11-1-2-13-12(9-11)14-15(20-13)16(23)22(10-19-14)8-7-21-5-3-18-4-6-21/h1-2,9-10,18,20H,3-8H2/p+2. The lowest BCUT2D eigenvalue weighted by molar-refractivity contribution is -0.947. The van der Waals surface area contributed by atoms with E-state index in [0.717, 1.165) is 34.0 Å². The molecule has 6 nitrogen and oxygen atoms in total.